The number of thiocarbonyl (C=S) groups is 1. The second-order valence-electron chi connectivity index (χ2n) is 3.88. The van der Waals surface area contributed by atoms with Gasteiger partial charge in [-0.1, -0.05) is 36.8 Å². The van der Waals surface area contributed by atoms with E-state index in [2.05, 4.69) is 5.32 Å². The molecule has 0 heterocycles. The molecule has 0 fully saturated rings. The molecule has 0 spiro atoms. The first-order valence-electron chi connectivity index (χ1n) is 5.15. The van der Waals surface area contributed by atoms with Gasteiger partial charge in [-0.3, -0.25) is 4.79 Å². The molecule has 0 saturated carbocycles. The van der Waals surface area contributed by atoms with Gasteiger partial charge in [0.25, 0.3) is 5.91 Å². The van der Waals surface area contributed by atoms with Gasteiger partial charge in [-0.25, -0.2) is 0 Å². The molecule has 86 valence electrons. The van der Waals surface area contributed by atoms with Crippen LogP contribution in [0.4, 0.5) is 0 Å². The van der Waals surface area contributed by atoms with Gasteiger partial charge in [0.1, 0.15) is 0 Å². The zero-order chi connectivity index (χ0) is 12.1. The van der Waals surface area contributed by atoms with E-state index in [0.717, 1.165) is 5.56 Å². The number of nitrogens with two attached hydrogens (primary N) is 1. The van der Waals surface area contributed by atoms with Gasteiger partial charge < -0.3 is 11.1 Å². The molecule has 0 bridgehead atoms. The van der Waals surface area contributed by atoms with Crippen LogP contribution >= 0.6 is 12.2 Å². The maximum absolute atomic E-state index is 11.7. The number of rotatable bonds is 4. The number of hydrogen-bond donors (Lipinski definition) is 2. The molecule has 0 radical (unpaired) electrons. The molecule has 0 aliphatic carbocycles. The number of amides is 1. The Morgan fingerprint density at radius 1 is 1.44 bits per heavy atom. The number of benzene rings is 1. The van der Waals surface area contributed by atoms with Gasteiger partial charge in [0.2, 0.25) is 0 Å². The Bertz CT molecular complexity index is 387. The minimum atomic E-state index is -0.0944. The summed E-state index contributed by atoms with van der Waals surface area (Å²) in [5, 5.41) is 2.79. The van der Waals surface area contributed by atoms with Crippen molar-refractivity contribution in [3.63, 3.8) is 0 Å². The molecule has 0 aliphatic heterocycles. The van der Waals surface area contributed by atoms with E-state index < -0.39 is 0 Å². The first-order valence-corrected chi connectivity index (χ1v) is 5.55. The van der Waals surface area contributed by atoms with Crippen molar-refractivity contribution in [3.05, 3.63) is 35.4 Å². The van der Waals surface area contributed by atoms with Gasteiger partial charge in [-0.15, -0.1) is 0 Å². The molecular formula is C12H16N2OS. The molecule has 0 aromatic heterocycles. The van der Waals surface area contributed by atoms with E-state index in [1.165, 1.54) is 0 Å². The molecule has 1 atom stereocenters. The molecule has 1 rings (SSSR count). The molecule has 0 saturated heterocycles. The fraction of sp³-hybridized carbons (Fsp3) is 0.333. The van der Waals surface area contributed by atoms with Crippen molar-refractivity contribution in [2.45, 2.75) is 13.8 Å². The number of carbonyl (C=O) groups excluding carboxylic acids is 1. The third kappa shape index (κ3) is 3.62. The van der Waals surface area contributed by atoms with Gasteiger partial charge in [0, 0.05) is 18.0 Å². The number of aryl methyl sites for hydroxylation is 1. The predicted octanol–water partition coefficient (Wildman–Crippen LogP) is 1.65. The average Bonchev–Trinajstić information content (AvgIpc) is 2.26. The minimum Gasteiger partial charge on any atom is -0.393 e. The molecule has 1 aromatic rings. The SMILES string of the molecule is Cc1ccc(C(=O)NCC(C)C(N)=S)cc1. The Morgan fingerprint density at radius 2 is 2.00 bits per heavy atom. The second-order valence-corrected chi connectivity index (χ2v) is 4.35. The lowest BCUT2D eigenvalue weighted by atomic mass is 10.1. The summed E-state index contributed by atoms with van der Waals surface area (Å²) in [7, 11) is 0. The van der Waals surface area contributed by atoms with E-state index in [1.54, 1.807) is 12.1 Å². The zero-order valence-electron chi connectivity index (χ0n) is 9.49. The third-order valence-electron chi connectivity index (χ3n) is 2.37. The van der Waals surface area contributed by atoms with Crippen LogP contribution in [0, 0.1) is 12.8 Å². The van der Waals surface area contributed by atoms with E-state index in [4.69, 9.17) is 18.0 Å². The summed E-state index contributed by atoms with van der Waals surface area (Å²) < 4.78 is 0. The Morgan fingerprint density at radius 3 is 2.50 bits per heavy atom. The van der Waals surface area contributed by atoms with Crippen LogP contribution < -0.4 is 11.1 Å². The summed E-state index contributed by atoms with van der Waals surface area (Å²) in [6.07, 6.45) is 0. The quantitative estimate of drug-likeness (QED) is 0.782. The molecule has 3 nitrogen and oxygen atoms in total. The van der Waals surface area contributed by atoms with Gasteiger partial charge in [-0.2, -0.15) is 0 Å². The Labute approximate surface area is 101 Å². The summed E-state index contributed by atoms with van der Waals surface area (Å²) in [6, 6.07) is 7.42. The normalized spacial score (nSPS) is 11.9. The van der Waals surface area contributed by atoms with Crippen LogP contribution in [0.3, 0.4) is 0 Å². The van der Waals surface area contributed by atoms with Crippen molar-refractivity contribution in [2.24, 2.45) is 11.7 Å². The van der Waals surface area contributed by atoms with Crippen LogP contribution in [0.2, 0.25) is 0 Å². The molecule has 16 heavy (non-hydrogen) atoms. The maximum atomic E-state index is 11.7. The first-order chi connectivity index (χ1) is 7.50. The van der Waals surface area contributed by atoms with Crippen molar-refractivity contribution in [1.29, 1.82) is 0 Å². The predicted molar refractivity (Wildman–Crippen MR) is 69.5 cm³/mol. The lowest BCUT2D eigenvalue weighted by molar-refractivity contribution is 0.0951. The highest BCUT2D eigenvalue weighted by Gasteiger charge is 2.08. The molecule has 1 aromatic carbocycles. The van der Waals surface area contributed by atoms with Gasteiger partial charge in [0.15, 0.2) is 0 Å². The summed E-state index contributed by atoms with van der Waals surface area (Å²) in [4.78, 5) is 12.1. The summed E-state index contributed by atoms with van der Waals surface area (Å²) >= 11 is 4.83. The van der Waals surface area contributed by atoms with Crippen LogP contribution in [-0.2, 0) is 0 Å². The van der Waals surface area contributed by atoms with Crippen molar-refractivity contribution >= 4 is 23.1 Å². The standard InChI is InChI=1S/C12H16N2OS/c1-8-3-5-10(6-4-8)12(15)14-7-9(2)11(13)16/h3-6,9H,7H2,1-2H3,(H2,13,16)(H,14,15). The van der Waals surface area contributed by atoms with Crippen LogP contribution in [0.5, 0.6) is 0 Å². The Hall–Kier alpha value is -1.42. The summed E-state index contributed by atoms with van der Waals surface area (Å²) in [5.41, 5.74) is 7.25. The maximum Gasteiger partial charge on any atom is 0.251 e. The van der Waals surface area contributed by atoms with E-state index in [0.29, 0.717) is 17.1 Å². The molecule has 4 heteroatoms. The van der Waals surface area contributed by atoms with Crippen LogP contribution in [0.1, 0.15) is 22.8 Å². The fourth-order valence-electron chi connectivity index (χ4n) is 1.15. The molecule has 1 unspecified atom stereocenters. The third-order valence-corrected chi connectivity index (χ3v) is 2.77. The highest BCUT2D eigenvalue weighted by molar-refractivity contribution is 7.80. The van der Waals surface area contributed by atoms with E-state index >= 15 is 0 Å². The lowest BCUT2D eigenvalue weighted by Gasteiger charge is -2.10. The smallest absolute Gasteiger partial charge is 0.251 e. The minimum absolute atomic E-state index is 0.0180. The van der Waals surface area contributed by atoms with Gasteiger partial charge in [0.05, 0.1) is 4.99 Å². The lowest BCUT2D eigenvalue weighted by Crippen LogP contribution is -2.33. The monoisotopic (exact) mass is 236 g/mol. The molecule has 0 aliphatic rings. The zero-order valence-corrected chi connectivity index (χ0v) is 10.3. The van der Waals surface area contributed by atoms with Crippen LogP contribution in [0.25, 0.3) is 0 Å². The van der Waals surface area contributed by atoms with E-state index in [9.17, 15) is 4.79 Å². The second kappa shape index (κ2) is 5.61. The molecule has 3 N–H and O–H groups in total. The van der Waals surface area contributed by atoms with Crippen molar-refractivity contribution in [3.8, 4) is 0 Å². The van der Waals surface area contributed by atoms with Crippen molar-refractivity contribution in [1.82, 2.24) is 5.32 Å². The van der Waals surface area contributed by atoms with Crippen LogP contribution in [-0.4, -0.2) is 17.4 Å². The highest BCUT2D eigenvalue weighted by atomic mass is 32.1. The van der Waals surface area contributed by atoms with Crippen molar-refractivity contribution in [2.75, 3.05) is 6.54 Å². The Kier molecular flexibility index (Phi) is 4.43. The van der Waals surface area contributed by atoms with E-state index in [-0.39, 0.29) is 11.8 Å². The summed E-state index contributed by atoms with van der Waals surface area (Å²) in [6.45, 7) is 4.34. The summed E-state index contributed by atoms with van der Waals surface area (Å²) in [5.74, 6) is -0.0764. The topological polar surface area (TPSA) is 55.1 Å². The molecule has 1 amide bonds. The first kappa shape index (κ1) is 12.6. The Balaban J connectivity index is 2.53. The van der Waals surface area contributed by atoms with E-state index in [1.807, 2.05) is 26.0 Å². The number of carbonyl (C=O) groups is 1. The number of hydrogen-bond acceptors (Lipinski definition) is 2. The van der Waals surface area contributed by atoms with Crippen LogP contribution in [0.15, 0.2) is 24.3 Å². The highest BCUT2D eigenvalue weighted by Crippen LogP contribution is 2.03. The molecular weight excluding hydrogens is 220 g/mol. The average molecular weight is 236 g/mol. The van der Waals surface area contributed by atoms with Crippen molar-refractivity contribution < 1.29 is 4.79 Å². The number of nitrogens with one attached hydrogen (secondary N) is 1. The van der Waals surface area contributed by atoms with Gasteiger partial charge in [-0.05, 0) is 19.1 Å². The largest absolute Gasteiger partial charge is 0.393 e. The fourth-order valence-corrected chi connectivity index (χ4v) is 1.24. The van der Waals surface area contributed by atoms with Gasteiger partial charge >= 0.3 is 0 Å².